The normalized spacial score (nSPS) is 15.5. The Morgan fingerprint density at radius 2 is 1.90 bits per heavy atom. The number of carbonyl (C=O) groups is 2. The molecule has 0 saturated heterocycles. The van der Waals surface area contributed by atoms with Crippen LogP contribution in [0, 0.1) is 0 Å². The number of aromatic nitrogens is 2. The molecule has 0 radical (unpaired) electrons. The van der Waals surface area contributed by atoms with Crippen LogP contribution >= 0.6 is 22.9 Å². The third-order valence-corrected chi connectivity index (χ3v) is 6.74. The van der Waals surface area contributed by atoms with Crippen LogP contribution in [-0.2, 0) is 11.3 Å². The molecule has 30 heavy (non-hydrogen) atoms. The topological polar surface area (TPSA) is 75.2 Å². The van der Waals surface area contributed by atoms with Gasteiger partial charge in [0.2, 0.25) is 5.91 Å². The van der Waals surface area contributed by atoms with Crippen molar-refractivity contribution < 1.29 is 9.59 Å². The van der Waals surface area contributed by atoms with Crippen LogP contribution in [0.2, 0.25) is 0 Å². The Balaban J connectivity index is 1.68. The predicted octanol–water partition coefficient (Wildman–Crippen LogP) is 4.43. The summed E-state index contributed by atoms with van der Waals surface area (Å²) in [7, 11) is 0. The Kier molecular flexibility index (Phi) is 6.86. The fourth-order valence-electron chi connectivity index (χ4n) is 3.89. The largest absolute Gasteiger partial charge is 0.351 e. The van der Waals surface area contributed by atoms with E-state index >= 15 is 0 Å². The third-order valence-electron chi connectivity index (χ3n) is 5.37. The molecule has 2 aromatic heterocycles. The number of hydrogen-bond acceptors (Lipinski definition) is 6. The molecule has 4 rings (SSSR count). The maximum absolute atomic E-state index is 13.5. The second-order valence-corrected chi connectivity index (χ2v) is 9.10. The average molecular weight is 441 g/mol. The Bertz CT molecular complexity index is 939. The summed E-state index contributed by atoms with van der Waals surface area (Å²) in [5.74, 6) is -0.425. The molecule has 156 valence electrons. The van der Waals surface area contributed by atoms with Crippen molar-refractivity contribution in [3.63, 3.8) is 0 Å². The summed E-state index contributed by atoms with van der Waals surface area (Å²) in [5, 5.41) is 10.8. The summed E-state index contributed by atoms with van der Waals surface area (Å²) in [6.07, 6.45) is 5.45. The first-order valence-corrected chi connectivity index (χ1v) is 11.9. The quantitative estimate of drug-likeness (QED) is 0.590. The summed E-state index contributed by atoms with van der Waals surface area (Å²) in [5.41, 5.74) is 1.06. The molecular formula is C22H24N4O2S2. The van der Waals surface area contributed by atoms with Gasteiger partial charge in [-0.25, -0.2) is 0 Å². The minimum atomic E-state index is -0.732. The van der Waals surface area contributed by atoms with Crippen molar-refractivity contribution in [1.29, 1.82) is 0 Å². The Morgan fingerprint density at radius 1 is 1.10 bits per heavy atom. The van der Waals surface area contributed by atoms with Crippen molar-refractivity contribution in [3.05, 3.63) is 69.4 Å². The summed E-state index contributed by atoms with van der Waals surface area (Å²) in [6, 6.07) is 12.9. The zero-order valence-corrected chi connectivity index (χ0v) is 18.2. The van der Waals surface area contributed by atoms with E-state index in [1.165, 1.54) is 6.42 Å². The molecule has 2 amide bonds. The van der Waals surface area contributed by atoms with E-state index in [2.05, 4.69) is 14.9 Å². The summed E-state index contributed by atoms with van der Waals surface area (Å²) in [6.45, 7) is 0.339. The highest BCUT2D eigenvalue weighted by Gasteiger charge is 2.34. The van der Waals surface area contributed by atoms with E-state index in [1.807, 2.05) is 47.8 Å². The monoisotopic (exact) mass is 440 g/mol. The number of nitrogens with zero attached hydrogens (tertiary/aromatic N) is 3. The first-order chi connectivity index (χ1) is 14.7. The van der Waals surface area contributed by atoms with Gasteiger partial charge < -0.3 is 10.2 Å². The molecule has 1 fully saturated rings. The number of thiophene rings is 1. The minimum absolute atomic E-state index is 0.138. The van der Waals surface area contributed by atoms with Crippen LogP contribution in [0.15, 0.2) is 53.2 Å². The van der Waals surface area contributed by atoms with E-state index in [0.717, 1.165) is 47.7 Å². The van der Waals surface area contributed by atoms with Gasteiger partial charge in [0.1, 0.15) is 6.04 Å². The van der Waals surface area contributed by atoms with Crippen molar-refractivity contribution in [2.45, 2.75) is 50.7 Å². The molecule has 1 aliphatic rings. The van der Waals surface area contributed by atoms with Crippen LogP contribution in [0.25, 0.3) is 0 Å². The smallest absolute Gasteiger partial charge is 0.276 e. The van der Waals surface area contributed by atoms with Gasteiger partial charge in [0.25, 0.3) is 5.91 Å². The molecule has 1 atom stereocenters. The number of benzene rings is 1. The molecule has 1 N–H and O–H groups in total. The molecule has 8 heteroatoms. The van der Waals surface area contributed by atoms with Crippen molar-refractivity contribution in [1.82, 2.24) is 19.8 Å². The third kappa shape index (κ3) is 4.94. The predicted molar refractivity (Wildman–Crippen MR) is 118 cm³/mol. The van der Waals surface area contributed by atoms with Crippen molar-refractivity contribution in [2.24, 2.45) is 0 Å². The summed E-state index contributed by atoms with van der Waals surface area (Å²) in [4.78, 5) is 29.6. The lowest BCUT2D eigenvalue weighted by molar-refractivity contribution is -0.127. The number of hydrogen-bond donors (Lipinski definition) is 1. The van der Waals surface area contributed by atoms with Gasteiger partial charge in [0.05, 0.1) is 6.54 Å². The molecule has 0 bridgehead atoms. The molecule has 0 aliphatic heterocycles. The lowest BCUT2D eigenvalue weighted by Gasteiger charge is -2.32. The van der Waals surface area contributed by atoms with Crippen LogP contribution in [0.4, 0.5) is 0 Å². The van der Waals surface area contributed by atoms with Crippen LogP contribution < -0.4 is 5.32 Å². The molecule has 1 saturated carbocycles. The molecular weight excluding hydrogens is 416 g/mol. The lowest BCUT2D eigenvalue weighted by atomic mass is 9.94. The standard InChI is InChI=1S/C22H24N4O2S2/c27-21(23-17-10-5-2-6-11-17)20(16-8-3-1-4-9-16)26(14-18-12-7-13-29-18)22(28)19-15-30-25-24-19/h1,3-4,7-9,12-13,15,17,20H,2,5-6,10-11,14H2,(H,23,27). The highest BCUT2D eigenvalue weighted by Crippen LogP contribution is 2.28. The van der Waals surface area contributed by atoms with Gasteiger partial charge in [0, 0.05) is 16.3 Å². The fourth-order valence-corrected chi connectivity index (χ4v) is 5.02. The van der Waals surface area contributed by atoms with Crippen molar-refractivity contribution in [2.75, 3.05) is 0 Å². The zero-order chi connectivity index (χ0) is 20.8. The van der Waals surface area contributed by atoms with Crippen LogP contribution in [0.5, 0.6) is 0 Å². The Labute approximate surface area is 184 Å². The van der Waals surface area contributed by atoms with Crippen LogP contribution in [0.3, 0.4) is 0 Å². The average Bonchev–Trinajstić information content (AvgIpc) is 3.49. The molecule has 6 nitrogen and oxygen atoms in total. The maximum Gasteiger partial charge on any atom is 0.276 e. The SMILES string of the molecule is O=C(NC1CCCCC1)C(c1ccccc1)N(Cc1cccs1)C(=O)c1csnn1. The molecule has 1 aromatic carbocycles. The molecule has 1 aliphatic carbocycles. The van der Waals surface area contributed by atoms with Gasteiger partial charge in [-0.15, -0.1) is 16.4 Å². The number of amides is 2. The van der Waals surface area contributed by atoms with Crippen LogP contribution in [0.1, 0.15) is 59.1 Å². The first-order valence-electron chi connectivity index (χ1n) is 10.2. The van der Waals surface area contributed by atoms with Gasteiger partial charge in [-0.2, -0.15) is 0 Å². The lowest BCUT2D eigenvalue weighted by Crippen LogP contribution is -2.46. The molecule has 3 aromatic rings. The van der Waals surface area contributed by atoms with Gasteiger partial charge in [0.15, 0.2) is 5.69 Å². The van der Waals surface area contributed by atoms with Gasteiger partial charge in [-0.1, -0.05) is 60.1 Å². The maximum atomic E-state index is 13.5. The van der Waals surface area contributed by atoms with E-state index in [-0.39, 0.29) is 23.6 Å². The summed E-state index contributed by atoms with van der Waals surface area (Å²) >= 11 is 2.70. The van der Waals surface area contributed by atoms with Gasteiger partial charge >= 0.3 is 0 Å². The van der Waals surface area contributed by atoms with E-state index in [0.29, 0.717) is 6.54 Å². The van der Waals surface area contributed by atoms with E-state index in [1.54, 1.807) is 21.6 Å². The van der Waals surface area contributed by atoms with Crippen LogP contribution in [-0.4, -0.2) is 32.3 Å². The number of carbonyl (C=O) groups excluding carboxylic acids is 2. The number of rotatable bonds is 7. The van der Waals surface area contributed by atoms with Crippen molar-refractivity contribution >= 4 is 34.7 Å². The first kappa shape index (κ1) is 20.7. The zero-order valence-electron chi connectivity index (χ0n) is 16.6. The fraction of sp³-hybridized carbons (Fsp3) is 0.364. The summed E-state index contributed by atoms with van der Waals surface area (Å²) < 4.78 is 3.84. The van der Waals surface area contributed by atoms with E-state index in [9.17, 15) is 9.59 Å². The Hall–Kier alpha value is -2.58. The van der Waals surface area contributed by atoms with Gasteiger partial charge in [-0.3, -0.25) is 9.59 Å². The highest BCUT2D eigenvalue weighted by atomic mass is 32.1. The van der Waals surface area contributed by atoms with E-state index < -0.39 is 6.04 Å². The highest BCUT2D eigenvalue weighted by molar-refractivity contribution is 7.09. The molecule has 0 spiro atoms. The molecule has 2 heterocycles. The van der Waals surface area contributed by atoms with Crippen molar-refractivity contribution in [3.8, 4) is 0 Å². The second kappa shape index (κ2) is 9.95. The number of nitrogens with one attached hydrogen (secondary N) is 1. The van der Waals surface area contributed by atoms with Gasteiger partial charge in [-0.05, 0) is 41.4 Å². The second-order valence-electron chi connectivity index (χ2n) is 7.46. The minimum Gasteiger partial charge on any atom is -0.351 e. The molecule has 1 unspecified atom stereocenters. The Morgan fingerprint density at radius 3 is 2.57 bits per heavy atom. The van der Waals surface area contributed by atoms with E-state index in [4.69, 9.17) is 0 Å².